The van der Waals surface area contributed by atoms with Crippen LogP contribution in [0.5, 0.6) is 0 Å². The molecule has 2 N–H and O–H groups in total. The summed E-state index contributed by atoms with van der Waals surface area (Å²) in [5, 5.41) is 8.40. The maximum Gasteiger partial charge on any atom is 0.222 e. The Kier molecular flexibility index (Phi) is 4.43. The lowest BCUT2D eigenvalue weighted by molar-refractivity contribution is -0.122. The van der Waals surface area contributed by atoms with Gasteiger partial charge in [0, 0.05) is 18.7 Å². The molecule has 9 heteroatoms. The lowest BCUT2D eigenvalue weighted by Crippen LogP contribution is -2.41. The molecule has 1 fully saturated rings. The van der Waals surface area contributed by atoms with Crippen molar-refractivity contribution in [3.8, 4) is 0 Å². The van der Waals surface area contributed by atoms with Gasteiger partial charge in [-0.3, -0.25) is 4.79 Å². The largest absolute Gasteiger partial charge is 0.369 e. The number of nitrogens with zero attached hydrogens (tertiary/aromatic N) is 6. The van der Waals surface area contributed by atoms with Crippen LogP contribution < -0.4 is 10.6 Å². The number of halogens is 1. The van der Waals surface area contributed by atoms with Gasteiger partial charge in [-0.2, -0.15) is 0 Å². The summed E-state index contributed by atoms with van der Waals surface area (Å²) in [5.41, 5.74) is 7.08. The van der Waals surface area contributed by atoms with Gasteiger partial charge in [0.25, 0.3) is 0 Å². The number of amides is 1. The Labute approximate surface area is 155 Å². The monoisotopic (exact) mass is 369 g/mol. The van der Waals surface area contributed by atoms with Crippen molar-refractivity contribution in [3.63, 3.8) is 0 Å². The molecule has 3 aromatic rings. The van der Waals surface area contributed by atoms with Crippen molar-refractivity contribution in [3.05, 3.63) is 41.5 Å². The highest BCUT2D eigenvalue weighted by Gasteiger charge is 2.27. The first kappa shape index (κ1) is 17.3. The summed E-state index contributed by atoms with van der Waals surface area (Å²) in [6, 6.07) is 6.55. The van der Waals surface area contributed by atoms with Crippen molar-refractivity contribution < 1.29 is 9.18 Å². The number of fused-ring (bicyclic) bond motifs is 1. The number of hydrogen-bond acceptors (Lipinski definition) is 6. The molecule has 1 aromatic carbocycles. The topological polar surface area (TPSA) is 103 Å². The van der Waals surface area contributed by atoms with Crippen LogP contribution >= 0.6 is 0 Å². The standard InChI is InChI=1S/C18H20FN7O/c1-11-21-17(25-8-4-6-13(9-25)16(20)27)15-18(22-11)26(24-23-15)10-12-5-2-3-7-14(12)19/h2-3,5,7,13H,4,6,8-10H2,1H3,(H2,20,27). The summed E-state index contributed by atoms with van der Waals surface area (Å²) in [7, 11) is 0. The van der Waals surface area contributed by atoms with E-state index in [0.717, 1.165) is 19.4 Å². The highest BCUT2D eigenvalue weighted by molar-refractivity contribution is 5.84. The maximum absolute atomic E-state index is 14.0. The summed E-state index contributed by atoms with van der Waals surface area (Å²) in [6.07, 6.45) is 1.63. The number of anilines is 1. The Bertz CT molecular complexity index is 1000. The average Bonchev–Trinajstić information content (AvgIpc) is 3.05. The van der Waals surface area contributed by atoms with Crippen LogP contribution in [0.3, 0.4) is 0 Å². The van der Waals surface area contributed by atoms with Crippen molar-refractivity contribution in [1.82, 2.24) is 25.0 Å². The third-order valence-corrected chi connectivity index (χ3v) is 4.86. The predicted octanol–water partition coefficient (Wildman–Crippen LogP) is 1.42. The average molecular weight is 369 g/mol. The van der Waals surface area contributed by atoms with Crippen LogP contribution in [0, 0.1) is 18.7 Å². The van der Waals surface area contributed by atoms with Crippen LogP contribution in [0.25, 0.3) is 11.2 Å². The van der Waals surface area contributed by atoms with Gasteiger partial charge in [-0.05, 0) is 25.8 Å². The van der Waals surface area contributed by atoms with Crippen LogP contribution in [-0.2, 0) is 11.3 Å². The summed E-state index contributed by atoms with van der Waals surface area (Å²) in [6.45, 7) is 3.28. The first-order chi connectivity index (χ1) is 13.0. The van der Waals surface area contributed by atoms with Crippen LogP contribution in [0.2, 0.25) is 0 Å². The molecule has 27 heavy (non-hydrogen) atoms. The van der Waals surface area contributed by atoms with Gasteiger partial charge in [0.1, 0.15) is 11.6 Å². The van der Waals surface area contributed by atoms with E-state index >= 15 is 0 Å². The Hall–Kier alpha value is -3.10. The fourth-order valence-electron chi connectivity index (χ4n) is 3.46. The molecule has 1 amide bonds. The van der Waals surface area contributed by atoms with E-state index in [4.69, 9.17) is 5.73 Å². The third-order valence-electron chi connectivity index (χ3n) is 4.86. The van der Waals surface area contributed by atoms with Crippen molar-refractivity contribution in [2.24, 2.45) is 11.7 Å². The predicted molar refractivity (Wildman–Crippen MR) is 97.5 cm³/mol. The van der Waals surface area contributed by atoms with E-state index in [1.54, 1.807) is 29.8 Å². The minimum atomic E-state index is -0.301. The van der Waals surface area contributed by atoms with Crippen LogP contribution in [0.4, 0.5) is 10.2 Å². The summed E-state index contributed by atoms with van der Waals surface area (Å²) in [4.78, 5) is 22.6. The van der Waals surface area contributed by atoms with E-state index < -0.39 is 0 Å². The lowest BCUT2D eigenvalue weighted by Gasteiger charge is -2.32. The molecular formula is C18H20FN7O. The molecule has 4 rings (SSSR count). The van der Waals surface area contributed by atoms with Gasteiger partial charge in [-0.25, -0.2) is 19.0 Å². The number of hydrogen-bond donors (Lipinski definition) is 1. The molecule has 140 valence electrons. The minimum absolute atomic E-state index is 0.211. The number of aryl methyl sites for hydroxylation is 1. The molecule has 0 bridgehead atoms. The Morgan fingerprint density at radius 2 is 2.15 bits per heavy atom. The smallest absolute Gasteiger partial charge is 0.222 e. The molecule has 1 aliphatic heterocycles. The molecule has 0 radical (unpaired) electrons. The van der Waals surface area contributed by atoms with Gasteiger partial charge in [0.15, 0.2) is 17.0 Å². The molecule has 1 saturated heterocycles. The molecule has 1 aliphatic rings. The number of rotatable bonds is 4. The number of aromatic nitrogens is 5. The zero-order valence-corrected chi connectivity index (χ0v) is 15.0. The second kappa shape index (κ2) is 6.90. The van der Waals surface area contributed by atoms with E-state index in [0.29, 0.717) is 34.9 Å². The van der Waals surface area contributed by atoms with Crippen LogP contribution in [0.1, 0.15) is 24.2 Å². The molecule has 8 nitrogen and oxygen atoms in total. The highest BCUT2D eigenvalue weighted by Crippen LogP contribution is 2.27. The Balaban J connectivity index is 1.72. The number of carbonyl (C=O) groups excluding carboxylic acids is 1. The van der Waals surface area contributed by atoms with Crippen molar-refractivity contribution in [2.45, 2.75) is 26.3 Å². The van der Waals surface area contributed by atoms with Crippen molar-refractivity contribution in [1.29, 1.82) is 0 Å². The first-order valence-electron chi connectivity index (χ1n) is 8.88. The summed E-state index contributed by atoms with van der Waals surface area (Å²) >= 11 is 0. The van der Waals surface area contributed by atoms with Crippen LogP contribution in [-0.4, -0.2) is 44.0 Å². The van der Waals surface area contributed by atoms with Gasteiger partial charge in [0.2, 0.25) is 5.91 Å². The second-order valence-corrected chi connectivity index (χ2v) is 6.79. The molecule has 1 atom stereocenters. The zero-order valence-electron chi connectivity index (χ0n) is 15.0. The molecule has 1 unspecified atom stereocenters. The Morgan fingerprint density at radius 1 is 1.33 bits per heavy atom. The van der Waals surface area contributed by atoms with E-state index in [2.05, 4.69) is 20.3 Å². The van der Waals surface area contributed by atoms with Gasteiger partial charge in [-0.15, -0.1) is 5.10 Å². The number of primary amides is 1. The van der Waals surface area contributed by atoms with Gasteiger partial charge < -0.3 is 10.6 Å². The second-order valence-electron chi connectivity index (χ2n) is 6.79. The SMILES string of the molecule is Cc1nc(N2CCCC(C(N)=O)C2)c2nnn(Cc3ccccc3F)c2n1. The van der Waals surface area contributed by atoms with Crippen molar-refractivity contribution >= 4 is 22.9 Å². The highest BCUT2D eigenvalue weighted by atomic mass is 19.1. The normalized spacial score (nSPS) is 17.4. The van der Waals surface area contributed by atoms with Gasteiger partial charge in [0.05, 0.1) is 12.5 Å². The van der Waals surface area contributed by atoms with E-state index in [1.165, 1.54) is 6.07 Å². The number of nitrogens with two attached hydrogens (primary N) is 1. The van der Waals surface area contributed by atoms with E-state index in [9.17, 15) is 9.18 Å². The summed E-state index contributed by atoms with van der Waals surface area (Å²) < 4.78 is 15.6. The van der Waals surface area contributed by atoms with Gasteiger partial charge >= 0.3 is 0 Å². The van der Waals surface area contributed by atoms with Crippen molar-refractivity contribution in [2.75, 3.05) is 18.0 Å². The quantitative estimate of drug-likeness (QED) is 0.746. The number of piperidine rings is 1. The molecule has 0 aliphatic carbocycles. The fraction of sp³-hybridized carbons (Fsp3) is 0.389. The fourth-order valence-corrected chi connectivity index (χ4v) is 3.46. The first-order valence-corrected chi connectivity index (χ1v) is 8.88. The Morgan fingerprint density at radius 3 is 2.93 bits per heavy atom. The molecular weight excluding hydrogens is 349 g/mol. The number of carbonyl (C=O) groups is 1. The van der Waals surface area contributed by atoms with Gasteiger partial charge in [-0.1, -0.05) is 23.4 Å². The van der Waals surface area contributed by atoms with E-state index in [-0.39, 0.29) is 24.2 Å². The summed E-state index contributed by atoms with van der Waals surface area (Å²) in [5.74, 6) is 0.397. The molecule has 0 spiro atoms. The molecule has 3 heterocycles. The molecule has 2 aromatic heterocycles. The van der Waals surface area contributed by atoms with Crippen LogP contribution in [0.15, 0.2) is 24.3 Å². The van der Waals surface area contributed by atoms with E-state index in [1.807, 2.05) is 4.90 Å². The minimum Gasteiger partial charge on any atom is -0.369 e. The third kappa shape index (κ3) is 3.32. The molecule has 0 saturated carbocycles. The number of benzene rings is 1. The maximum atomic E-state index is 14.0. The lowest BCUT2D eigenvalue weighted by atomic mass is 9.97. The zero-order chi connectivity index (χ0) is 19.0.